The van der Waals surface area contributed by atoms with Gasteiger partial charge in [0.05, 0.1) is 10.0 Å². The zero-order valence-electron chi connectivity index (χ0n) is 14.1. The Morgan fingerprint density at radius 1 is 0.889 bits per heavy atom. The van der Waals surface area contributed by atoms with E-state index in [1.807, 2.05) is 54.6 Å². The van der Waals surface area contributed by atoms with Gasteiger partial charge in [-0.25, -0.2) is 0 Å². The van der Waals surface area contributed by atoms with Crippen LogP contribution in [0.15, 0.2) is 82.1 Å². The molecule has 3 aromatic carbocycles. The van der Waals surface area contributed by atoms with Crippen molar-refractivity contribution < 1.29 is 9.21 Å². The maximum Gasteiger partial charge on any atom is 0.228 e. The van der Waals surface area contributed by atoms with Crippen LogP contribution in [0.2, 0.25) is 10.0 Å². The van der Waals surface area contributed by atoms with Gasteiger partial charge in [-0.05, 0) is 24.3 Å². The molecule has 0 aliphatic carbocycles. The molecular formula is C22H14Cl2O2S. The Bertz CT molecular complexity index is 1120. The van der Waals surface area contributed by atoms with Gasteiger partial charge < -0.3 is 4.42 Å². The minimum absolute atomic E-state index is 0.114. The highest BCUT2D eigenvalue weighted by Gasteiger charge is 2.21. The van der Waals surface area contributed by atoms with Crippen molar-refractivity contribution in [3.8, 4) is 0 Å². The fourth-order valence-corrected chi connectivity index (χ4v) is 4.19. The van der Waals surface area contributed by atoms with E-state index in [1.165, 1.54) is 0 Å². The third kappa shape index (κ3) is 3.77. The first kappa shape index (κ1) is 18.2. The van der Waals surface area contributed by atoms with Gasteiger partial charge >= 0.3 is 0 Å². The molecule has 1 heterocycles. The fraction of sp³-hybridized carbons (Fsp3) is 0.0455. The Kier molecular flexibility index (Phi) is 5.26. The van der Waals surface area contributed by atoms with Crippen LogP contribution in [0.4, 0.5) is 0 Å². The van der Waals surface area contributed by atoms with E-state index in [2.05, 4.69) is 0 Å². The predicted octanol–water partition coefficient (Wildman–Crippen LogP) is 7.26. The molecule has 0 aliphatic rings. The van der Waals surface area contributed by atoms with Crippen LogP contribution in [0.3, 0.4) is 0 Å². The van der Waals surface area contributed by atoms with E-state index in [0.717, 1.165) is 15.8 Å². The first-order valence-corrected chi connectivity index (χ1v) is 10.1. The van der Waals surface area contributed by atoms with Crippen molar-refractivity contribution in [2.75, 3.05) is 0 Å². The van der Waals surface area contributed by atoms with Crippen molar-refractivity contribution in [2.24, 2.45) is 0 Å². The molecule has 0 atom stereocenters. The molecule has 0 fully saturated rings. The molecule has 2 nitrogen and oxygen atoms in total. The highest BCUT2D eigenvalue weighted by Crippen LogP contribution is 2.35. The lowest BCUT2D eigenvalue weighted by molar-refractivity contribution is 0.101. The van der Waals surface area contributed by atoms with E-state index < -0.39 is 0 Å². The number of rotatable bonds is 5. The number of furan rings is 1. The van der Waals surface area contributed by atoms with E-state index in [-0.39, 0.29) is 5.78 Å². The Morgan fingerprint density at radius 2 is 1.63 bits per heavy atom. The molecule has 0 bridgehead atoms. The minimum atomic E-state index is -0.114. The summed E-state index contributed by atoms with van der Waals surface area (Å²) in [6.45, 7) is 0. The first-order valence-electron chi connectivity index (χ1n) is 8.31. The number of carbonyl (C=O) groups is 1. The van der Waals surface area contributed by atoms with Gasteiger partial charge in [0.25, 0.3) is 0 Å². The summed E-state index contributed by atoms with van der Waals surface area (Å²) in [5.41, 5.74) is 2.20. The highest BCUT2D eigenvalue weighted by atomic mass is 35.5. The maximum absolute atomic E-state index is 13.0. The summed E-state index contributed by atoms with van der Waals surface area (Å²) < 4.78 is 5.94. The van der Waals surface area contributed by atoms with Crippen molar-refractivity contribution in [3.05, 3.63) is 99.7 Å². The molecule has 4 rings (SSSR count). The van der Waals surface area contributed by atoms with Crippen LogP contribution in [-0.4, -0.2) is 5.78 Å². The van der Waals surface area contributed by atoms with Crippen molar-refractivity contribution in [1.82, 2.24) is 0 Å². The van der Waals surface area contributed by atoms with Gasteiger partial charge in [-0.1, -0.05) is 71.7 Å². The fourth-order valence-electron chi connectivity index (χ4n) is 2.87. The molecule has 4 aromatic rings. The zero-order chi connectivity index (χ0) is 18.8. The van der Waals surface area contributed by atoms with Gasteiger partial charge in [-0.3, -0.25) is 4.79 Å². The topological polar surface area (TPSA) is 30.2 Å². The second-order valence-electron chi connectivity index (χ2n) is 5.97. The van der Waals surface area contributed by atoms with Crippen molar-refractivity contribution in [1.29, 1.82) is 0 Å². The quantitative estimate of drug-likeness (QED) is 0.255. The molecular weight excluding hydrogens is 399 g/mol. The van der Waals surface area contributed by atoms with Gasteiger partial charge in [-0.15, -0.1) is 11.8 Å². The number of fused-ring (bicyclic) bond motifs is 1. The Hall–Kier alpha value is -2.20. The SMILES string of the molecule is O=C(c1ccccc1)c1oc2ccccc2c1CSc1ccc(Cl)c(Cl)c1. The molecule has 0 N–H and O–H groups in total. The summed E-state index contributed by atoms with van der Waals surface area (Å²) in [4.78, 5) is 14.0. The van der Waals surface area contributed by atoms with Gasteiger partial charge in [-0.2, -0.15) is 0 Å². The minimum Gasteiger partial charge on any atom is -0.452 e. The number of ketones is 1. The number of benzene rings is 3. The molecule has 0 saturated carbocycles. The van der Waals surface area contributed by atoms with E-state index in [9.17, 15) is 4.79 Å². The van der Waals surface area contributed by atoms with Crippen molar-refractivity contribution in [2.45, 2.75) is 10.6 Å². The van der Waals surface area contributed by atoms with Crippen LogP contribution < -0.4 is 0 Å². The summed E-state index contributed by atoms with van der Waals surface area (Å²) in [7, 11) is 0. The normalized spacial score (nSPS) is 11.0. The third-order valence-electron chi connectivity index (χ3n) is 4.21. The van der Waals surface area contributed by atoms with E-state index in [0.29, 0.717) is 32.7 Å². The number of hydrogen-bond acceptors (Lipinski definition) is 3. The first-order chi connectivity index (χ1) is 13.1. The molecule has 0 saturated heterocycles. The summed E-state index contributed by atoms with van der Waals surface area (Å²) in [5.74, 6) is 0.856. The number of para-hydroxylation sites is 1. The monoisotopic (exact) mass is 412 g/mol. The van der Waals surface area contributed by atoms with E-state index in [1.54, 1.807) is 30.0 Å². The van der Waals surface area contributed by atoms with Crippen LogP contribution >= 0.6 is 35.0 Å². The molecule has 0 unspecified atom stereocenters. The van der Waals surface area contributed by atoms with Gasteiger partial charge in [0, 0.05) is 27.2 Å². The molecule has 5 heteroatoms. The molecule has 0 amide bonds. The largest absolute Gasteiger partial charge is 0.452 e. The number of hydrogen-bond donors (Lipinski definition) is 0. The summed E-state index contributed by atoms with van der Waals surface area (Å²) in [5, 5.41) is 1.98. The van der Waals surface area contributed by atoms with Gasteiger partial charge in [0.1, 0.15) is 5.58 Å². The lowest BCUT2D eigenvalue weighted by atomic mass is 10.0. The van der Waals surface area contributed by atoms with Gasteiger partial charge in [0.15, 0.2) is 5.76 Å². The van der Waals surface area contributed by atoms with Crippen LogP contribution in [0.25, 0.3) is 11.0 Å². The molecule has 1 aromatic heterocycles. The second kappa shape index (κ2) is 7.81. The molecule has 0 radical (unpaired) electrons. The van der Waals surface area contributed by atoms with Crippen molar-refractivity contribution >= 4 is 51.7 Å². The summed E-state index contributed by atoms with van der Waals surface area (Å²) in [6, 6.07) is 22.4. The Morgan fingerprint density at radius 3 is 2.41 bits per heavy atom. The molecule has 0 aliphatic heterocycles. The number of thioether (sulfide) groups is 1. The van der Waals surface area contributed by atoms with E-state index in [4.69, 9.17) is 27.6 Å². The van der Waals surface area contributed by atoms with Crippen LogP contribution in [0.5, 0.6) is 0 Å². The highest BCUT2D eigenvalue weighted by molar-refractivity contribution is 7.98. The van der Waals surface area contributed by atoms with Crippen LogP contribution in [-0.2, 0) is 5.75 Å². The zero-order valence-corrected chi connectivity index (χ0v) is 16.4. The summed E-state index contributed by atoms with van der Waals surface area (Å²) in [6.07, 6.45) is 0. The Balaban J connectivity index is 1.72. The average molecular weight is 413 g/mol. The maximum atomic E-state index is 13.0. The van der Waals surface area contributed by atoms with Crippen LogP contribution in [0, 0.1) is 0 Å². The molecule has 134 valence electrons. The predicted molar refractivity (Wildman–Crippen MR) is 112 cm³/mol. The lowest BCUT2D eigenvalue weighted by Crippen LogP contribution is -2.02. The number of halogens is 2. The standard InChI is InChI=1S/C22H14Cl2O2S/c23-18-11-10-15(12-19(18)24)27-13-17-16-8-4-5-9-20(16)26-22(17)21(25)14-6-2-1-3-7-14/h1-12H,13H2. The van der Waals surface area contributed by atoms with E-state index >= 15 is 0 Å². The number of carbonyl (C=O) groups excluding carboxylic acids is 1. The molecule has 27 heavy (non-hydrogen) atoms. The van der Waals surface area contributed by atoms with Gasteiger partial charge in [0.2, 0.25) is 5.78 Å². The smallest absolute Gasteiger partial charge is 0.228 e. The Labute approximate surface area is 171 Å². The van der Waals surface area contributed by atoms with Crippen molar-refractivity contribution in [3.63, 3.8) is 0 Å². The summed E-state index contributed by atoms with van der Waals surface area (Å²) >= 11 is 13.7. The molecule has 0 spiro atoms. The third-order valence-corrected chi connectivity index (χ3v) is 5.97. The van der Waals surface area contributed by atoms with Crippen LogP contribution in [0.1, 0.15) is 21.7 Å². The average Bonchev–Trinajstić information content (AvgIpc) is 3.07. The lowest BCUT2D eigenvalue weighted by Gasteiger charge is -2.05. The second-order valence-corrected chi connectivity index (χ2v) is 7.83.